The minimum atomic E-state index is -0.0420. The van der Waals surface area contributed by atoms with Crippen LogP contribution in [-0.4, -0.2) is 11.6 Å². The molecule has 0 radical (unpaired) electrons. The first-order valence-electron chi connectivity index (χ1n) is 5.84. The molecule has 0 aliphatic heterocycles. The van der Waals surface area contributed by atoms with Gasteiger partial charge < -0.3 is 0 Å². The fraction of sp³-hybridized carbons (Fsp3) is 0.429. The second-order valence-electron chi connectivity index (χ2n) is 4.74. The molecule has 2 nitrogen and oxygen atoms in total. The summed E-state index contributed by atoms with van der Waals surface area (Å²) in [6.07, 6.45) is 1.91. The lowest BCUT2D eigenvalue weighted by Gasteiger charge is -2.08. The number of ketones is 2. The van der Waals surface area contributed by atoms with Gasteiger partial charge in [-0.25, -0.2) is 0 Å². The smallest absolute Gasteiger partial charge is 0.137 e. The van der Waals surface area contributed by atoms with Crippen LogP contribution in [-0.2, 0) is 16.0 Å². The van der Waals surface area contributed by atoms with Crippen LogP contribution in [0.3, 0.4) is 0 Å². The topological polar surface area (TPSA) is 34.1 Å². The number of carbonyl (C=O) groups is 2. The quantitative estimate of drug-likeness (QED) is 0.858. The van der Waals surface area contributed by atoms with Crippen molar-refractivity contribution in [1.82, 2.24) is 0 Å². The molecule has 1 aromatic rings. The van der Waals surface area contributed by atoms with Gasteiger partial charge in [-0.3, -0.25) is 9.59 Å². The van der Waals surface area contributed by atoms with Crippen molar-refractivity contribution in [2.75, 3.05) is 0 Å². The average Bonchev–Trinajstić information content (AvgIpc) is 2.61. The number of rotatable bonds is 3. The summed E-state index contributed by atoms with van der Waals surface area (Å²) in [6, 6.07) is 8.01. The maximum atomic E-state index is 11.8. The van der Waals surface area contributed by atoms with Crippen molar-refractivity contribution in [1.29, 1.82) is 0 Å². The molecule has 1 fully saturated rings. The molecule has 0 aromatic heterocycles. The van der Waals surface area contributed by atoms with Crippen molar-refractivity contribution in [3.8, 4) is 0 Å². The second-order valence-corrected chi connectivity index (χ2v) is 5.66. The Morgan fingerprint density at radius 1 is 1.47 bits per heavy atom. The van der Waals surface area contributed by atoms with Crippen molar-refractivity contribution >= 4 is 27.5 Å². The lowest BCUT2D eigenvalue weighted by Crippen LogP contribution is -2.09. The van der Waals surface area contributed by atoms with Crippen LogP contribution in [0.5, 0.6) is 0 Å². The molecule has 2 rings (SSSR count). The third-order valence-corrected chi connectivity index (χ3v) is 3.91. The van der Waals surface area contributed by atoms with E-state index in [0.717, 1.165) is 22.9 Å². The highest BCUT2D eigenvalue weighted by Gasteiger charge is 2.34. The molecule has 17 heavy (non-hydrogen) atoms. The van der Waals surface area contributed by atoms with Crippen molar-refractivity contribution in [3.63, 3.8) is 0 Å². The van der Waals surface area contributed by atoms with Crippen LogP contribution in [0.1, 0.15) is 25.3 Å². The van der Waals surface area contributed by atoms with Gasteiger partial charge in [-0.2, -0.15) is 0 Å². The Balaban J connectivity index is 2.05. The van der Waals surface area contributed by atoms with Crippen molar-refractivity contribution < 1.29 is 9.59 Å². The first-order valence-corrected chi connectivity index (χ1v) is 6.63. The predicted octanol–water partition coefficient (Wildman–Crippen LogP) is 3.18. The number of hydrogen-bond donors (Lipinski definition) is 0. The van der Waals surface area contributed by atoms with Gasteiger partial charge in [0.2, 0.25) is 0 Å². The highest BCUT2D eigenvalue weighted by molar-refractivity contribution is 9.10. The predicted molar refractivity (Wildman–Crippen MR) is 69.7 cm³/mol. The lowest BCUT2D eigenvalue weighted by atomic mass is 9.95. The fourth-order valence-electron chi connectivity index (χ4n) is 2.42. The van der Waals surface area contributed by atoms with Gasteiger partial charge in [0.15, 0.2) is 0 Å². The molecule has 1 aliphatic carbocycles. The summed E-state index contributed by atoms with van der Waals surface area (Å²) in [5, 5.41) is 0. The van der Waals surface area contributed by atoms with Crippen molar-refractivity contribution in [2.45, 2.75) is 26.2 Å². The molecular weight excluding hydrogens is 280 g/mol. The molecule has 2 atom stereocenters. The SMILES string of the molecule is CC(=O)[C@@H]1CC(=O)[C@@H](Cc2cccc(Br)c2)C1. The molecule has 0 saturated heterocycles. The highest BCUT2D eigenvalue weighted by Crippen LogP contribution is 2.31. The summed E-state index contributed by atoms with van der Waals surface area (Å²) in [5.74, 6) is 0.373. The minimum Gasteiger partial charge on any atom is -0.300 e. The molecule has 0 bridgehead atoms. The first-order chi connectivity index (χ1) is 8.06. The van der Waals surface area contributed by atoms with Gasteiger partial charge in [0.25, 0.3) is 0 Å². The third kappa shape index (κ3) is 3.03. The van der Waals surface area contributed by atoms with Crippen LogP contribution in [0.4, 0.5) is 0 Å². The van der Waals surface area contributed by atoms with E-state index in [1.54, 1.807) is 6.92 Å². The number of benzene rings is 1. The van der Waals surface area contributed by atoms with Crippen LogP contribution < -0.4 is 0 Å². The average molecular weight is 295 g/mol. The van der Waals surface area contributed by atoms with E-state index in [2.05, 4.69) is 15.9 Å². The largest absolute Gasteiger partial charge is 0.300 e. The van der Waals surface area contributed by atoms with Crippen LogP contribution >= 0.6 is 15.9 Å². The van der Waals surface area contributed by atoms with E-state index >= 15 is 0 Å². The standard InChI is InChI=1S/C14H15BrO2/c1-9(16)11-7-12(14(17)8-11)5-10-3-2-4-13(15)6-10/h2-4,6,11-12H,5,7-8H2,1H3/t11-,12-/m0/s1. The molecule has 1 aliphatic rings. The van der Waals surface area contributed by atoms with Gasteiger partial charge >= 0.3 is 0 Å². The van der Waals surface area contributed by atoms with E-state index in [1.807, 2.05) is 24.3 Å². The first kappa shape index (κ1) is 12.5. The maximum Gasteiger partial charge on any atom is 0.137 e. The Hall–Kier alpha value is -0.960. The van der Waals surface area contributed by atoms with Gasteiger partial charge in [-0.05, 0) is 37.5 Å². The van der Waals surface area contributed by atoms with Gasteiger partial charge in [-0.1, -0.05) is 28.1 Å². The zero-order valence-corrected chi connectivity index (χ0v) is 11.4. The highest BCUT2D eigenvalue weighted by atomic mass is 79.9. The third-order valence-electron chi connectivity index (χ3n) is 3.42. The molecule has 0 spiro atoms. The Morgan fingerprint density at radius 2 is 2.24 bits per heavy atom. The monoisotopic (exact) mass is 294 g/mol. The molecule has 0 amide bonds. The van der Waals surface area contributed by atoms with Crippen LogP contribution in [0.2, 0.25) is 0 Å². The van der Waals surface area contributed by atoms with E-state index in [9.17, 15) is 9.59 Å². The van der Waals surface area contributed by atoms with Crippen LogP contribution in [0, 0.1) is 11.8 Å². The van der Waals surface area contributed by atoms with E-state index in [4.69, 9.17) is 0 Å². The molecule has 1 saturated carbocycles. The lowest BCUT2D eigenvalue weighted by molar-refractivity contribution is -0.124. The summed E-state index contributed by atoms with van der Waals surface area (Å²) in [7, 11) is 0. The molecule has 90 valence electrons. The van der Waals surface area contributed by atoms with Crippen LogP contribution in [0.25, 0.3) is 0 Å². The Bertz CT molecular complexity index is 453. The molecule has 0 N–H and O–H groups in total. The van der Waals surface area contributed by atoms with E-state index in [-0.39, 0.29) is 23.4 Å². The molecule has 0 unspecified atom stereocenters. The minimum absolute atomic E-state index is 0.0261. The summed E-state index contributed by atoms with van der Waals surface area (Å²) >= 11 is 3.42. The maximum absolute atomic E-state index is 11.8. The zero-order valence-electron chi connectivity index (χ0n) is 9.78. The van der Waals surface area contributed by atoms with Gasteiger partial charge in [-0.15, -0.1) is 0 Å². The fourth-order valence-corrected chi connectivity index (χ4v) is 2.87. The molecule has 0 heterocycles. The summed E-state index contributed by atoms with van der Waals surface area (Å²) in [5.41, 5.74) is 1.15. The number of carbonyl (C=O) groups excluding carboxylic acids is 2. The Labute approximate surface area is 110 Å². The summed E-state index contributed by atoms with van der Waals surface area (Å²) < 4.78 is 1.03. The molecule has 3 heteroatoms. The summed E-state index contributed by atoms with van der Waals surface area (Å²) in [4.78, 5) is 23.1. The van der Waals surface area contributed by atoms with E-state index in [0.29, 0.717) is 6.42 Å². The van der Waals surface area contributed by atoms with E-state index < -0.39 is 0 Å². The Morgan fingerprint density at radius 3 is 2.82 bits per heavy atom. The molecule has 1 aromatic carbocycles. The van der Waals surface area contributed by atoms with Gasteiger partial charge in [0.05, 0.1) is 0 Å². The Kier molecular flexibility index (Phi) is 3.77. The van der Waals surface area contributed by atoms with Crippen molar-refractivity contribution in [2.24, 2.45) is 11.8 Å². The number of hydrogen-bond acceptors (Lipinski definition) is 2. The van der Waals surface area contributed by atoms with Gasteiger partial charge in [0, 0.05) is 22.7 Å². The van der Waals surface area contributed by atoms with Crippen molar-refractivity contribution in [3.05, 3.63) is 34.3 Å². The van der Waals surface area contributed by atoms with E-state index in [1.165, 1.54) is 0 Å². The van der Waals surface area contributed by atoms with Crippen LogP contribution in [0.15, 0.2) is 28.7 Å². The van der Waals surface area contributed by atoms with Gasteiger partial charge in [0.1, 0.15) is 11.6 Å². The number of Topliss-reactive ketones (excluding diaryl/α,β-unsaturated/α-hetero) is 2. The second kappa shape index (κ2) is 5.13. The number of halogens is 1. The summed E-state index contributed by atoms with van der Waals surface area (Å²) in [6.45, 7) is 1.58. The zero-order chi connectivity index (χ0) is 12.4. The molecular formula is C14H15BrO2. The normalized spacial score (nSPS) is 24.0.